The molecule has 0 amide bonds. The number of hydrogen-bond acceptors (Lipinski definition) is 8. The maximum Gasteiger partial charge on any atom is 0.323 e. The van der Waals surface area contributed by atoms with Gasteiger partial charge >= 0.3 is 5.97 Å². The average Bonchev–Trinajstić information content (AvgIpc) is 3.50. The number of fused-ring (bicyclic) bond motifs is 1. The topological polar surface area (TPSA) is 134 Å². The van der Waals surface area contributed by atoms with Gasteiger partial charge in [0.05, 0.1) is 23.8 Å². The minimum Gasteiger partial charge on any atom is -0.493 e. The van der Waals surface area contributed by atoms with Crippen LogP contribution in [-0.4, -0.2) is 40.4 Å². The van der Waals surface area contributed by atoms with Crippen molar-refractivity contribution in [1.82, 2.24) is 10.3 Å². The molecule has 1 saturated carbocycles. The first kappa shape index (κ1) is 34.3. The van der Waals surface area contributed by atoms with E-state index in [1.54, 1.807) is 24.4 Å². The number of rotatable bonds is 15. The van der Waals surface area contributed by atoms with Crippen molar-refractivity contribution in [3.05, 3.63) is 105 Å². The highest BCUT2D eigenvalue weighted by molar-refractivity contribution is 6.32. The number of aliphatic hydroxyl groups is 1. The van der Waals surface area contributed by atoms with E-state index in [0.717, 1.165) is 41.7 Å². The number of halogens is 1. The molecule has 1 aromatic heterocycles. The molecule has 2 atom stereocenters. The van der Waals surface area contributed by atoms with Crippen LogP contribution < -0.4 is 19.5 Å². The van der Waals surface area contributed by atoms with Crippen LogP contribution >= 0.6 is 11.6 Å². The maximum absolute atomic E-state index is 11.5. The van der Waals surface area contributed by atoms with E-state index in [-0.39, 0.29) is 19.3 Å². The molecular weight excluding hydrogens is 642 g/mol. The summed E-state index contributed by atoms with van der Waals surface area (Å²) in [4.78, 5) is 15.6. The summed E-state index contributed by atoms with van der Waals surface area (Å²) < 4.78 is 19.3. The molecule has 0 bridgehead atoms. The van der Waals surface area contributed by atoms with Gasteiger partial charge in [-0.25, -0.2) is 0 Å². The first-order chi connectivity index (χ1) is 23.9. The van der Waals surface area contributed by atoms with E-state index in [2.05, 4.69) is 59.7 Å². The van der Waals surface area contributed by atoms with Crippen molar-refractivity contribution in [1.29, 1.82) is 5.26 Å². The number of aromatic nitrogens is 1. The fourth-order valence-electron chi connectivity index (χ4n) is 6.51. The molecular formula is C39H40ClN3O6. The molecule has 9 nitrogen and oxygen atoms in total. The lowest BCUT2D eigenvalue weighted by Gasteiger charge is -2.29. The Labute approximate surface area is 291 Å². The monoisotopic (exact) mass is 681 g/mol. The van der Waals surface area contributed by atoms with Crippen molar-refractivity contribution >= 4 is 17.6 Å². The molecule has 6 rings (SSSR count). The molecule has 4 aromatic rings. The largest absolute Gasteiger partial charge is 0.493 e. The first-order valence-corrected chi connectivity index (χ1v) is 17.2. The molecule has 0 spiro atoms. The van der Waals surface area contributed by atoms with Crippen molar-refractivity contribution in [3.63, 3.8) is 0 Å². The number of pyridine rings is 1. The summed E-state index contributed by atoms with van der Waals surface area (Å²) in [7, 11) is 0. The number of carboxylic acids is 1. The van der Waals surface area contributed by atoms with Gasteiger partial charge in [-0.2, -0.15) is 5.26 Å². The zero-order valence-electron chi connectivity index (χ0n) is 27.5. The number of para-hydroxylation sites is 1. The van der Waals surface area contributed by atoms with E-state index >= 15 is 0 Å². The standard InChI is InChI=1S/C39H40ClN3O6/c1-2-14-47-38-28(26-6-3-7-26)8-4-11-32(38)29-9-5-10-31-30(29)12-13-35(31)49-37-17-36(48-23-25-15-24(18-41)19-42-20-25)27(16-33(37)40)21-43-34(22-44)39(45)46/h4-5,8-11,15-17,19-20,26,34-35,43-44H,2-3,6-7,12-14,21-23H2,1H3,(H,45,46)/t34?,35-/m0/s1. The summed E-state index contributed by atoms with van der Waals surface area (Å²) >= 11 is 6.80. The van der Waals surface area contributed by atoms with Crippen LogP contribution in [0.5, 0.6) is 17.2 Å². The lowest BCUT2D eigenvalue weighted by atomic mass is 9.78. The van der Waals surface area contributed by atoms with Gasteiger partial charge in [0.2, 0.25) is 0 Å². The summed E-state index contributed by atoms with van der Waals surface area (Å²) in [6, 6.07) is 18.9. The van der Waals surface area contributed by atoms with Crippen LogP contribution in [0.1, 0.15) is 84.4 Å². The van der Waals surface area contributed by atoms with Gasteiger partial charge in [0.1, 0.15) is 42.1 Å². The molecule has 1 fully saturated rings. The Morgan fingerprint density at radius 1 is 1.06 bits per heavy atom. The van der Waals surface area contributed by atoms with Gasteiger partial charge in [-0.1, -0.05) is 61.3 Å². The Balaban J connectivity index is 1.29. The lowest BCUT2D eigenvalue weighted by Crippen LogP contribution is -2.39. The number of hydrogen-bond donors (Lipinski definition) is 3. The number of nitriles is 1. The summed E-state index contributed by atoms with van der Waals surface area (Å²) in [5, 5.41) is 31.4. The van der Waals surface area contributed by atoms with E-state index in [0.29, 0.717) is 45.7 Å². The highest BCUT2D eigenvalue weighted by Crippen LogP contribution is 2.48. The summed E-state index contributed by atoms with van der Waals surface area (Å²) in [6.45, 7) is 2.40. The van der Waals surface area contributed by atoms with Crippen molar-refractivity contribution in [3.8, 4) is 34.4 Å². The molecule has 2 aliphatic rings. The fraction of sp³-hybridized carbons (Fsp3) is 0.359. The summed E-state index contributed by atoms with van der Waals surface area (Å²) in [6.07, 6.45) is 9.02. The summed E-state index contributed by atoms with van der Waals surface area (Å²) in [5.74, 6) is 1.23. The van der Waals surface area contributed by atoms with E-state index in [4.69, 9.17) is 25.8 Å². The molecule has 3 aromatic carbocycles. The number of aliphatic carboxylic acids is 1. The van der Waals surface area contributed by atoms with E-state index in [1.165, 1.54) is 36.6 Å². The van der Waals surface area contributed by atoms with Gasteiger partial charge < -0.3 is 24.4 Å². The normalized spacial score (nSPS) is 15.9. The Bertz CT molecular complexity index is 1850. The van der Waals surface area contributed by atoms with E-state index in [1.807, 2.05) is 0 Å². The lowest BCUT2D eigenvalue weighted by molar-refractivity contribution is -0.140. The van der Waals surface area contributed by atoms with Crippen molar-refractivity contribution in [2.24, 2.45) is 0 Å². The van der Waals surface area contributed by atoms with Crippen LogP contribution in [0.4, 0.5) is 0 Å². The van der Waals surface area contributed by atoms with Crippen molar-refractivity contribution in [2.75, 3.05) is 13.2 Å². The zero-order valence-corrected chi connectivity index (χ0v) is 28.2. The van der Waals surface area contributed by atoms with Gasteiger partial charge in [-0.3, -0.25) is 15.1 Å². The summed E-state index contributed by atoms with van der Waals surface area (Å²) in [5.41, 5.74) is 7.62. The van der Waals surface area contributed by atoms with Crippen molar-refractivity contribution in [2.45, 2.75) is 76.7 Å². The van der Waals surface area contributed by atoms with Crippen LogP contribution in [0.25, 0.3) is 11.1 Å². The van der Waals surface area contributed by atoms with E-state index in [9.17, 15) is 20.3 Å². The first-order valence-electron chi connectivity index (χ1n) is 16.8. The molecule has 0 radical (unpaired) electrons. The Morgan fingerprint density at radius 2 is 1.86 bits per heavy atom. The molecule has 1 heterocycles. The maximum atomic E-state index is 11.5. The fourth-order valence-corrected chi connectivity index (χ4v) is 6.74. The second kappa shape index (κ2) is 15.7. The van der Waals surface area contributed by atoms with Crippen LogP contribution in [0, 0.1) is 11.3 Å². The van der Waals surface area contributed by atoms with E-state index < -0.39 is 18.6 Å². The number of aliphatic hydroxyl groups excluding tert-OH is 1. The smallest absolute Gasteiger partial charge is 0.323 e. The number of ether oxygens (including phenoxy) is 3. The van der Waals surface area contributed by atoms with Crippen molar-refractivity contribution < 1.29 is 29.2 Å². The molecule has 3 N–H and O–H groups in total. The number of benzene rings is 3. The number of nitrogens with zero attached hydrogens (tertiary/aromatic N) is 2. The molecule has 10 heteroatoms. The Kier molecular flexibility index (Phi) is 11.0. The van der Waals surface area contributed by atoms with Crippen LogP contribution in [-0.2, 0) is 24.4 Å². The van der Waals surface area contributed by atoms with Crippen LogP contribution in [0.2, 0.25) is 5.02 Å². The zero-order chi connectivity index (χ0) is 34.3. The molecule has 1 unspecified atom stereocenters. The van der Waals surface area contributed by atoms with Gasteiger partial charge in [0.25, 0.3) is 0 Å². The minimum absolute atomic E-state index is 0.0708. The number of nitrogens with one attached hydrogen (secondary N) is 1. The predicted octanol–water partition coefficient (Wildman–Crippen LogP) is 7.51. The molecule has 254 valence electrons. The SMILES string of the molecule is CCCOc1c(-c2cccc3c2CC[C@@H]3Oc2cc(OCc3cncc(C#N)c3)c(CNC(CO)C(=O)O)cc2Cl)cccc1C1CCC1. The number of carbonyl (C=O) groups is 1. The van der Waals surface area contributed by atoms with Crippen LogP contribution in [0.15, 0.2) is 67.0 Å². The second-order valence-electron chi connectivity index (χ2n) is 12.5. The third-order valence-electron chi connectivity index (χ3n) is 9.27. The Morgan fingerprint density at radius 3 is 2.57 bits per heavy atom. The number of carboxylic acid groups (broad SMARTS) is 1. The quantitative estimate of drug-likeness (QED) is 0.117. The second-order valence-corrected chi connectivity index (χ2v) is 13.0. The van der Waals surface area contributed by atoms with Gasteiger partial charge in [-0.05, 0) is 72.4 Å². The third kappa shape index (κ3) is 7.67. The third-order valence-corrected chi connectivity index (χ3v) is 9.56. The highest BCUT2D eigenvalue weighted by atomic mass is 35.5. The van der Waals surface area contributed by atoms with Gasteiger partial charge in [0.15, 0.2) is 0 Å². The molecule has 0 aliphatic heterocycles. The Hall–Kier alpha value is -4.62. The van der Waals surface area contributed by atoms with Gasteiger partial charge in [0, 0.05) is 41.7 Å². The molecule has 0 saturated heterocycles. The average molecular weight is 682 g/mol. The predicted molar refractivity (Wildman–Crippen MR) is 186 cm³/mol. The minimum atomic E-state index is -1.17. The highest BCUT2D eigenvalue weighted by Gasteiger charge is 2.30. The molecule has 49 heavy (non-hydrogen) atoms. The molecule has 2 aliphatic carbocycles. The van der Waals surface area contributed by atoms with Crippen LogP contribution in [0.3, 0.4) is 0 Å². The van der Waals surface area contributed by atoms with Gasteiger partial charge in [-0.15, -0.1) is 0 Å².